The number of benzene rings is 2. The second-order valence-corrected chi connectivity index (χ2v) is 8.18. The van der Waals surface area contributed by atoms with Gasteiger partial charge in [0.1, 0.15) is 17.6 Å². The number of anilines is 2. The Balaban J connectivity index is 1.57. The van der Waals surface area contributed by atoms with Crippen LogP contribution in [-0.2, 0) is 9.59 Å². The Bertz CT molecular complexity index is 1140. The summed E-state index contributed by atoms with van der Waals surface area (Å²) in [7, 11) is 0. The van der Waals surface area contributed by atoms with Crippen molar-refractivity contribution in [2.24, 2.45) is 0 Å². The molecule has 9 heteroatoms. The molecule has 4 rings (SSSR count). The van der Waals surface area contributed by atoms with E-state index in [1.165, 1.54) is 34.9 Å². The number of amides is 4. The molecule has 2 heterocycles. The van der Waals surface area contributed by atoms with Crippen LogP contribution >= 0.6 is 11.8 Å². The lowest BCUT2D eigenvalue weighted by Gasteiger charge is -2.40. The van der Waals surface area contributed by atoms with Gasteiger partial charge in [-0.05, 0) is 60.4 Å². The van der Waals surface area contributed by atoms with E-state index in [0.717, 1.165) is 4.90 Å². The highest BCUT2D eigenvalue weighted by Crippen LogP contribution is 2.36. The summed E-state index contributed by atoms with van der Waals surface area (Å²) in [5.41, 5.74) is 1.52. The maximum absolute atomic E-state index is 13.7. The zero-order valence-corrected chi connectivity index (χ0v) is 17.2. The summed E-state index contributed by atoms with van der Waals surface area (Å²) in [6, 6.07) is 11.2. The van der Waals surface area contributed by atoms with Gasteiger partial charge in [-0.3, -0.25) is 9.59 Å². The maximum Gasteiger partial charge on any atom is 0.332 e. The highest BCUT2D eigenvalue weighted by atomic mass is 32.2. The number of urea groups is 1. The van der Waals surface area contributed by atoms with Gasteiger partial charge in [0.05, 0.1) is 23.4 Å². The molecule has 2 atom stereocenters. The number of thioether (sulfide) groups is 1. The largest absolute Gasteiger partial charge is 0.332 e. The summed E-state index contributed by atoms with van der Waals surface area (Å²) in [6.07, 6.45) is 1.73. The van der Waals surface area contributed by atoms with E-state index in [-0.39, 0.29) is 12.2 Å². The minimum Gasteiger partial charge on any atom is -0.325 e. The van der Waals surface area contributed by atoms with Crippen LogP contribution in [0.3, 0.4) is 0 Å². The molecule has 0 spiro atoms. The van der Waals surface area contributed by atoms with Crippen molar-refractivity contribution in [1.82, 2.24) is 4.90 Å². The number of nitriles is 1. The van der Waals surface area contributed by atoms with Gasteiger partial charge in [0.2, 0.25) is 5.91 Å². The molecule has 2 unspecified atom stereocenters. The molecule has 1 saturated heterocycles. The van der Waals surface area contributed by atoms with Crippen molar-refractivity contribution < 1.29 is 18.8 Å². The van der Waals surface area contributed by atoms with E-state index in [4.69, 9.17) is 5.26 Å². The topological polar surface area (TPSA) is 93.5 Å². The summed E-state index contributed by atoms with van der Waals surface area (Å²) >= 11 is 1.28. The number of nitrogens with zero attached hydrogens (tertiary/aromatic N) is 3. The molecule has 7 nitrogen and oxygen atoms in total. The summed E-state index contributed by atoms with van der Waals surface area (Å²) in [6.45, 7) is 1.28. The molecular formula is C22H17FN4O3S. The van der Waals surface area contributed by atoms with E-state index in [1.807, 2.05) is 6.07 Å². The predicted octanol–water partition coefficient (Wildman–Crippen LogP) is 3.41. The zero-order valence-electron chi connectivity index (χ0n) is 16.4. The standard InChI is InChI=1S/C22H17FN4O3S/c1-13-10-16(6-7-17(13)23)27-21(29)20-18(8-9-31-20)26(22(27)30)12-19(28)25-15-4-2-14(11-24)3-5-15/h2-10,18,20H,12H2,1H3,(H,25,28). The van der Waals surface area contributed by atoms with Crippen LogP contribution in [0.5, 0.6) is 0 Å². The summed E-state index contributed by atoms with van der Waals surface area (Å²) in [4.78, 5) is 41.2. The summed E-state index contributed by atoms with van der Waals surface area (Å²) in [5, 5.41) is 12.7. The van der Waals surface area contributed by atoms with Crippen molar-refractivity contribution in [3.8, 4) is 6.07 Å². The molecule has 2 aromatic carbocycles. The molecule has 31 heavy (non-hydrogen) atoms. The molecule has 0 saturated carbocycles. The third kappa shape index (κ3) is 3.90. The van der Waals surface area contributed by atoms with Gasteiger partial charge in [-0.2, -0.15) is 5.26 Å². The number of carbonyl (C=O) groups excluding carboxylic acids is 3. The van der Waals surface area contributed by atoms with Gasteiger partial charge >= 0.3 is 6.03 Å². The number of imide groups is 1. The third-order valence-electron chi connectivity index (χ3n) is 5.08. The number of aryl methyl sites for hydroxylation is 1. The van der Waals surface area contributed by atoms with E-state index in [2.05, 4.69) is 5.32 Å². The number of rotatable bonds is 4. The van der Waals surface area contributed by atoms with Crippen molar-refractivity contribution >= 4 is 41.0 Å². The van der Waals surface area contributed by atoms with Crippen molar-refractivity contribution in [2.75, 3.05) is 16.8 Å². The van der Waals surface area contributed by atoms with Gasteiger partial charge in [-0.25, -0.2) is 14.1 Å². The Labute approximate surface area is 182 Å². The number of fused-ring (bicyclic) bond motifs is 1. The minimum absolute atomic E-state index is 0.261. The molecule has 2 aliphatic rings. The van der Waals surface area contributed by atoms with Gasteiger partial charge in [0.25, 0.3) is 5.91 Å². The lowest BCUT2D eigenvalue weighted by Crippen LogP contribution is -2.63. The molecule has 2 aliphatic heterocycles. The lowest BCUT2D eigenvalue weighted by molar-refractivity contribution is -0.121. The highest BCUT2D eigenvalue weighted by molar-refractivity contribution is 8.03. The molecule has 1 fully saturated rings. The molecule has 0 aliphatic carbocycles. The Morgan fingerprint density at radius 3 is 2.65 bits per heavy atom. The third-order valence-corrected chi connectivity index (χ3v) is 6.17. The van der Waals surface area contributed by atoms with Crippen molar-refractivity contribution in [2.45, 2.75) is 18.2 Å². The molecule has 0 radical (unpaired) electrons. The molecule has 1 N–H and O–H groups in total. The molecular weight excluding hydrogens is 419 g/mol. The van der Waals surface area contributed by atoms with E-state index in [9.17, 15) is 18.8 Å². The fraction of sp³-hybridized carbons (Fsp3) is 0.182. The van der Waals surface area contributed by atoms with Gasteiger partial charge in [0.15, 0.2) is 0 Å². The van der Waals surface area contributed by atoms with Crippen LogP contribution in [0, 0.1) is 24.1 Å². The number of nitrogens with one attached hydrogen (secondary N) is 1. The van der Waals surface area contributed by atoms with Crippen LogP contribution in [0.2, 0.25) is 0 Å². The quantitative estimate of drug-likeness (QED) is 0.793. The van der Waals surface area contributed by atoms with Crippen molar-refractivity contribution in [3.05, 3.63) is 70.9 Å². The molecule has 2 aromatic rings. The average Bonchev–Trinajstić information content (AvgIpc) is 3.24. The van der Waals surface area contributed by atoms with Crippen molar-refractivity contribution in [3.63, 3.8) is 0 Å². The van der Waals surface area contributed by atoms with Gasteiger partial charge < -0.3 is 10.2 Å². The van der Waals surface area contributed by atoms with Gasteiger partial charge in [-0.1, -0.05) is 6.08 Å². The number of halogens is 1. The van der Waals surface area contributed by atoms with Crippen LogP contribution < -0.4 is 10.2 Å². The Hall–Kier alpha value is -3.64. The van der Waals surface area contributed by atoms with Crippen LogP contribution in [0.15, 0.2) is 53.9 Å². The average molecular weight is 436 g/mol. The fourth-order valence-electron chi connectivity index (χ4n) is 3.50. The Morgan fingerprint density at radius 2 is 1.97 bits per heavy atom. The van der Waals surface area contributed by atoms with E-state index >= 15 is 0 Å². The zero-order chi connectivity index (χ0) is 22.1. The monoisotopic (exact) mass is 436 g/mol. The first-order valence-electron chi connectivity index (χ1n) is 9.42. The lowest BCUT2D eigenvalue weighted by atomic mass is 10.1. The highest BCUT2D eigenvalue weighted by Gasteiger charge is 2.48. The minimum atomic E-state index is -0.639. The first-order valence-corrected chi connectivity index (χ1v) is 10.4. The predicted molar refractivity (Wildman–Crippen MR) is 115 cm³/mol. The summed E-state index contributed by atoms with van der Waals surface area (Å²) in [5.74, 6) is -1.28. The number of hydrogen-bond acceptors (Lipinski definition) is 5. The van der Waals surface area contributed by atoms with E-state index < -0.39 is 35.0 Å². The van der Waals surface area contributed by atoms with E-state index in [1.54, 1.807) is 42.7 Å². The number of hydrogen-bond donors (Lipinski definition) is 1. The Kier molecular flexibility index (Phi) is 5.48. The first kappa shape index (κ1) is 20.6. The fourth-order valence-corrected chi connectivity index (χ4v) is 4.54. The van der Waals surface area contributed by atoms with Crippen LogP contribution in [0.25, 0.3) is 0 Å². The maximum atomic E-state index is 13.7. The van der Waals surface area contributed by atoms with Gasteiger partial charge in [-0.15, -0.1) is 11.8 Å². The van der Waals surface area contributed by atoms with Gasteiger partial charge in [0, 0.05) is 5.69 Å². The first-order chi connectivity index (χ1) is 14.9. The molecule has 4 amide bonds. The molecule has 0 aromatic heterocycles. The van der Waals surface area contributed by atoms with Crippen LogP contribution in [-0.4, -0.2) is 40.6 Å². The second-order valence-electron chi connectivity index (χ2n) is 7.13. The number of carbonyl (C=O) groups is 3. The normalized spacial score (nSPS) is 19.9. The van der Waals surface area contributed by atoms with Crippen LogP contribution in [0.4, 0.5) is 20.6 Å². The summed E-state index contributed by atoms with van der Waals surface area (Å²) < 4.78 is 13.7. The molecule has 156 valence electrons. The SMILES string of the molecule is Cc1cc(N2C(=O)C3SC=CC3N(CC(=O)Nc3ccc(C#N)cc3)C2=O)ccc1F. The second kappa shape index (κ2) is 8.24. The Morgan fingerprint density at radius 1 is 1.23 bits per heavy atom. The van der Waals surface area contributed by atoms with E-state index in [0.29, 0.717) is 16.8 Å². The smallest absolute Gasteiger partial charge is 0.325 e. The van der Waals surface area contributed by atoms with Crippen LogP contribution in [0.1, 0.15) is 11.1 Å². The van der Waals surface area contributed by atoms with Crippen molar-refractivity contribution in [1.29, 1.82) is 5.26 Å². The molecule has 0 bridgehead atoms.